The molecule has 0 aliphatic carbocycles. The smallest absolute Gasteiger partial charge is 0.338 e. The van der Waals surface area contributed by atoms with Gasteiger partial charge in [-0.15, -0.1) is 0 Å². The molecule has 1 aliphatic rings. The highest BCUT2D eigenvalue weighted by atomic mass is 35.5. The third kappa shape index (κ3) is 5.94. The normalized spacial score (nSPS) is 15.2. The number of methoxy groups -OCH3 is 1. The van der Waals surface area contributed by atoms with Gasteiger partial charge in [-0.25, -0.2) is 9.59 Å². The van der Waals surface area contributed by atoms with Crippen LogP contribution >= 0.6 is 11.6 Å². The molecule has 35 heavy (non-hydrogen) atoms. The van der Waals surface area contributed by atoms with E-state index in [0.717, 1.165) is 11.1 Å². The lowest BCUT2D eigenvalue weighted by atomic mass is 9.95. The molecule has 0 radical (unpaired) electrons. The minimum absolute atomic E-state index is 0.120. The van der Waals surface area contributed by atoms with Gasteiger partial charge in [0.15, 0.2) is 11.5 Å². The first-order valence-corrected chi connectivity index (χ1v) is 11.4. The van der Waals surface area contributed by atoms with Crippen LogP contribution in [0, 0.1) is 0 Å². The summed E-state index contributed by atoms with van der Waals surface area (Å²) in [4.78, 5) is 25.4. The van der Waals surface area contributed by atoms with E-state index in [2.05, 4.69) is 10.6 Å². The molecule has 1 heterocycles. The SMILES string of the molecule is COc1ccc(C2NC(=O)NC(C)=C2C(=O)OCc2ccccc2)cc1OCc1ccc(Cl)cc1. The molecule has 0 fully saturated rings. The van der Waals surface area contributed by atoms with E-state index >= 15 is 0 Å². The number of carbonyl (C=O) groups is 2. The summed E-state index contributed by atoms with van der Waals surface area (Å²) in [5, 5.41) is 6.12. The van der Waals surface area contributed by atoms with Gasteiger partial charge in [0, 0.05) is 10.7 Å². The summed E-state index contributed by atoms with van der Waals surface area (Å²) < 4.78 is 17.0. The van der Waals surface area contributed by atoms with Crippen molar-refractivity contribution in [2.75, 3.05) is 7.11 Å². The standard InChI is InChI=1S/C27H25ClN2O5/c1-17-24(26(31)35-16-18-6-4-3-5-7-18)25(30-27(32)29-17)20-10-13-22(33-2)23(14-20)34-15-19-8-11-21(28)12-9-19/h3-14,25H,15-16H2,1-2H3,(H2,29,30,32). The Hall–Kier alpha value is -3.97. The number of amides is 2. The molecule has 1 unspecified atom stereocenters. The van der Waals surface area contributed by atoms with Crippen molar-refractivity contribution >= 4 is 23.6 Å². The van der Waals surface area contributed by atoms with Gasteiger partial charge < -0.3 is 24.8 Å². The second-order valence-electron chi connectivity index (χ2n) is 7.96. The van der Waals surface area contributed by atoms with E-state index in [0.29, 0.717) is 33.4 Å². The van der Waals surface area contributed by atoms with E-state index in [1.807, 2.05) is 42.5 Å². The molecule has 8 heteroatoms. The first kappa shape index (κ1) is 24.2. The van der Waals surface area contributed by atoms with Crippen LogP contribution in [-0.2, 0) is 22.7 Å². The van der Waals surface area contributed by atoms with Crippen LogP contribution in [0.15, 0.2) is 84.1 Å². The lowest BCUT2D eigenvalue weighted by Crippen LogP contribution is -2.45. The minimum Gasteiger partial charge on any atom is -0.493 e. The van der Waals surface area contributed by atoms with Crippen molar-refractivity contribution in [3.8, 4) is 11.5 Å². The van der Waals surface area contributed by atoms with Crippen molar-refractivity contribution in [3.63, 3.8) is 0 Å². The van der Waals surface area contributed by atoms with Gasteiger partial charge in [0.1, 0.15) is 13.2 Å². The Bertz CT molecular complexity index is 1240. The summed E-state index contributed by atoms with van der Waals surface area (Å²) in [5.41, 5.74) is 3.19. The second kappa shape index (κ2) is 11.0. The molecule has 180 valence electrons. The molecule has 2 N–H and O–H groups in total. The third-order valence-corrected chi connectivity index (χ3v) is 5.78. The van der Waals surface area contributed by atoms with Crippen LogP contribution in [0.25, 0.3) is 0 Å². The molecule has 0 bridgehead atoms. The minimum atomic E-state index is -0.726. The maximum absolute atomic E-state index is 13.1. The average Bonchev–Trinajstić information content (AvgIpc) is 2.87. The Morgan fingerprint density at radius 3 is 2.37 bits per heavy atom. The number of urea groups is 1. The molecule has 2 amide bonds. The zero-order valence-corrected chi connectivity index (χ0v) is 20.1. The predicted octanol–water partition coefficient (Wildman–Crippen LogP) is 5.30. The zero-order valence-electron chi connectivity index (χ0n) is 19.3. The summed E-state index contributed by atoms with van der Waals surface area (Å²) in [6, 6.07) is 20.9. The van der Waals surface area contributed by atoms with Crippen molar-refractivity contribution in [3.05, 3.63) is 106 Å². The monoisotopic (exact) mass is 492 g/mol. The van der Waals surface area contributed by atoms with Gasteiger partial charge in [0.05, 0.1) is 18.7 Å². The number of rotatable bonds is 8. The predicted molar refractivity (Wildman–Crippen MR) is 132 cm³/mol. The number of esters is 1. The molecular formula is C27H25ClN2O5. The van der Waals surface area contributed by atoms with Crippen LogP contribution in [0.4, 0.5) is 4.79 Å². The van der Waals surface area contributed by atoms with Crippen LogP contribution in [0.5, 0.6) is 11.5 Å². The number of nitrogens with one attached hydrogen (secondary N) is 2. The lowest BCUT2D eigenvalue weighted by Gasteiger charge is -2.28. The van der Waals surface area contributed by atoms with Gasteiger partial charge in [0.25, 0.3) is 0 Å². The lowest BCUT2D eigenvalue weighted by molar-refractivity contribution is -0.140. The van der Waals surface area contributed by atoms with Crippen molar-refractivity contribution in [2.24, 2.45) is 0 Å². The summed E-state index contributed by atoms with van der Waals surface area (Å²) >= 11 is 5.96. The zero-order chi connectivity index (χ0) is 24.8. The van der Waals surface area contributed by atoms with E-state index in [1.54, 1.807) is 44.4 Å². The van der Waals surface area contributed by atoms with Crippen molar-refractivity contribution in [1.29, 1.82) is 0 Å². The fourth-order valence-electron chi connectivity index (χ4n) is 3.74. The molecule has 3 aromatic rings. The van der Waals surface area contributed by atoms with Gasteiger partial charge in [-0.05, 0) is 47.9 Å². The number of allylic oxidation sites excluding steroid dienone is 1. The Labute approximate surface area is 208 Å². The van der Waals surface area contributed by atoms with Crippen LogP contribution in [0.2, 0.25) is 5.02 Å². The highest BCUT2D eigenvalue weighted by Crippen LogP contribution is 2.35. The van der Waals surface area contributed by atoms with Crippen molar-refractivity contribution < 1.29 is 23.8 Å². The van der Waals surface area contributed by atoms with Gasteiger partial charge in [0.2, 0.25) is 0 Å². The number of hydrogen-bond acceptors (Lipinski definition) is 5. The van der Waals surface area contributed by atoms with Gasteiger partial charge in [-0.1, -0.05) is 60.1 Å². The van der Waals surface area contributed by atoms with Gasteiger partial charge >= 0.3 is 12.0 Å². The second-order valence-corrected chi connectivity index (χ2v) is 8.39. The molecule has 4 rings (SSSR count). The number of halogens is 1. The Morgan fingerprint density at radius 1 is 0.943 bits per heavy atom. The molecule has 7 nitrogen and oxygen atoms in total. The number of hydrogen-bond donors (Lipinski definition) is 2. The number of carbonyl (C=O) groups excluding carboxylic acids is 2. The van der Waals surface area contributed by atoms with E-state index in [9.17, 15) is 9.59 Å². The first-order chi connectivity index (χ1) is 16.9. The molecule has 1 aliphatic heterocycles. The molecule has 3 aromatic carbocycles. The van der Waals surface area contributed by atoms with E-state index in [4.69, 9.17) is 25.8 Å². The maximum Gasteiger partial charge on any atom is 0.338 e. The first-order valence-electron chi connectivity index (χ1n) is 11.0. The van der Waals surface area contributed by atoms with Crippen LogP contribution < -0.4 is 20.1 Å². The highest BCUT2D eigenvalue weighted by molar-refractivity contribution is 6.30. The third-order valence-electron chi connectivity index (χ3n) is 5.53. The van der Waals surface area contributed by atoms with Crippen LogP contribution in [-0.4, -0.2) is 19.1 Å². The summed E-state index contributed by atoms with van der Waals surface area (Å²) in [5.74, 6) is 0.475. The Morgan fingerprint density at radius 2 is 1.66 bits per heavy atom. The van der Waals surface area contributed by atoms with Crippen molar-refractivity contribution in [2.45, 2.75) is 26.2 Å². The average molecular weight is 493 g/mol. The molecule has 0 saturated heterocycles. The molecular weight excluding hydrogens is 468 g/mol. The highest BCUT2D eigenvalue weighted by Gasteiger charge is 2.32. The van der Waals surface area contributed by atoms with Gasteiger partial charge in [-0.3, -0.25) is 0 Å². The van der Waals surface area contributed by atoms with Crippen LogP contribution in [0.3, 0.4) is 0 Å². The molecule has 0 saturated carbocycles. The quantitative estimate of drug-likeness (QED) is 0.417. The van der Waals surface area contributed by atoms with Crippen molar-refractivity contribution in [1.82, 2.24) is 10.6 Å². The van der Waals surface area contributed by atoms with E-state index < -0.39 is 18.0 Å². The Balaban J connectivity index is 1.58. The molecule has 1 atom stereocenters. The molecule has 0 spiro atoms. The Kier molecular flexibility index (Phi) is 7.57. The van der Waals surface area contributed by atoms with E-state index in [1.165, 1.54) is 0 Å². The topological polar surface area (TPSA) is 85.9 Å². The maximum atomic E-state index is 13.1. The number of benzene rings is 3. The summed E-state index contributed by atoms with van der Waals surface area (Å²) in [6.45, 7) is 2.08. The summed E-state index contributed by atoms with van der Waals surface area (Å²) in [7, 11) is 1.55. The fraction of sp³-hybridized carbons (Fsp3) is 0.185. The largest absolute Gasteiger partial charge is 0.493 e. The van der Waals surface area contributed by atoms with E-state index in [-0.39, 0.29) is 13.2 Å². The van der Waals surface area contributed by atoms with Gasteiger partial charge in [-0.2, -0.15) is 0 Å². The molecule has 0 aromatic heterocycles. The number of ether oxygens (including phenoxy) is 3. The fourth-order valence-corrected chi connectivity index (χ4v) is 3.87. The summed E-state index contributed by atoms with van der Waals surface area (Å²) in [6.07, 6.45) is 0. The van der Waals surface area contributed by atoms with Crippen LogP contribution in [0.1, 0.15) is 29.7 Å².